The van der Waals surface area contributed by atoms with E-state index in [4.69, 9.17) is 11.0 Å². The minimum atomic E-state index is 0.413. The molecule has 3 N–H and O–H groups in total. The first kappa shape index (κ1) is 18.7. The fraction of sp³-hybridized carbons (Fsp3) is 0.409. The maximum atomic E-state index is 9.11. The minimum absolute atomic E-state index is 0.413. The molecular weight excluding hydrogens is 376 g/mol. The highest BCUT2D eigenvalue weighted by Crippen LogP contribution is 2.47. The first-order valence-electron chi connectivity index (χ1n) is 10.3. The smallest absolute Gasteiger partial charge is 0.162 e. The summed E-state index contributed by atoms with van der Waals surface area (Å²) in [5.41, 5.74) is 11.1. The van der Waals surface area contributed by atoms with E-state index in [0.717, 1.165) is 48.2 Å². The van der Waals surface area contributed by atoms with E-state index < -0.39 is 0 Å². The highest BCUT2D eigenvalue weighted by molar-refractivity contribution is 6.04. The molecule has 1 fully saturated rings. The number of nitrogens with zero attached hydrogens (tertiary/aromatic N) is 6. The van der Waals surface area contributed by atoms with E-state index in [-0.39, 0.29) is 0 Å². The average molecular weight is 400 g/mol. The number of aryl methyl sites for hydroxylation is 1. The number of anilines is 1. The van der Waals surface area contributed by atoms with Crippen molar-refractivity contribution in [1.29, 1.82) is 5.26 Å². The van der Waals surface area contributed by atoms with Gasteiger partial charge in [0.15, 0.2) is 5.82 Å². The van der Waals surface area contributed by atoms with Gasteiger partial charge in [-0.15, -0.1) is 0 Å². The number of allylic oxidation sites excluding steroid dienone is 2. The van der Waals surface area contributed by atoms with Crippen LogP contribution in [0.1, 0.15) is 43.4 Å². The molecule has 2 aliphatic rings. The Morgan fingerprint density at radius 2 is 1.90 bits per heavy atom. The predicted octanol–water partition coefficient (Wildman–Crippen LogP) is 2.82. The average Bonchev–Trinajstić information content (AvgIpc) is 3.09. The molecular formula is C22H24N8. The zero-order chi connectivity index (χ0) is 20.7. The van der Waals surface area contributed by atoms with Crippen LogP contribution in [0.3, 0.4) is 0 Å². The van der Waals surface area contributed by atoms with Crippen LogP contribution in [0.15, 0.2) is 24.8 Å². The first-order chi connectivity index (χ1) is 14.6. The normalized spacial score (nSPS) is 18.3. The molecule has 0 atom stereocenters. The number of fused-ring (bicyclic) bond motifs is 1. The Morgan fingerprint density at radius 3 is 2.57 bits per heavy atom. The number of hydrogen-bond acceptors (Lipinski definition) is 7. The van der Waals surface area contributed by atoms with E-state index in [1.54, 1.807) is 12.4 Å². The molecule has 3 aromatic rings. The van der Waals surface area contributed by atoms with Crippen LogP contribution in [0.4, 0.5) is 5.82 Å². The van der Waals surface area contributed by atoms with E-state index in [1.165, 1.54) is 31.2 Å². The second-order valence-corrected chi connectivity index (χ2v) is 8.33. The Morgan fingerprint density at radius 1 is 1.13 bits per heavy atom. The second kappa shape index (κ2) is 7.18. The van der Waals surface area contributed by atoms with Crippen molar-refractivity contribution < 1.29 is 0 Å². The molecule has 0 aromatic carbocycles. The summed E-state index contributed by atoms with van der Waals surface area (Å²) in [7, 11) is 2.01. The van der Waals surface area contributed by atoms with Gasteiger partial charge >= 0.3 is 0 Å². The van der Waals surface area contributed by atoms with Gasteiger partial charge in [0.2, 0.25) is 0 Å². The molecule has 0 unspecified atom stereocenters. The topological polar surface area (TPSA) is 118 Å². The molecule has 1 aliphatic carbocycles. The standard InChI is InChI=1S/C22H24N8/c1-30-18(15-2-4-22(5-3-15)6-8-25-9-7-22)16(17-19(24)28-13-29-21(17)30)20-26-11-14(10-23)12-27-20/h2,11-13,25H,3-9H2,1H3,(H2,24,28,29). The highest BCUT2D eigenvalue weighted by atomic mass is 15.1. The maximum absolute atomic E-state index is 9.11. The maximum Gasteiger partial charge on any atom is 0.162 e. The van der Waals surface area contributed by atoms with E-state index in [2.05, 4.69) is 42.0 Å². The Kier molecular flexibility index (Phi) is 4.48. The van der Waals surface area contributed by atoms with Crippen molar-refractivity contribution in [2.24, 2.45) is 12.5 Å². The Bertz CT molecular complexity index is 1180. The van der Waals surface area contributed by atoms with E-state index >= 15 is 0 Å². The van der Waals surface area contributed by atoms with Gasteiger partial charge in [-0.3, -0.25) is 0 Å². The summed E-state index contributed by atoms with van der Waals surface area (Å²) >= 11 is 0. The Hall–Kier alpha value is -3.31. The number of nitrogens with two attached hydrogens (primary N) is 1. The van der Waals surface area contributed by atoms with Gasteiger partial charge in [0.05, 0.1) is 22.2 Å². The van der Waals surface area contributed by atoms with Crippen LogP contribution in [0, 0.1) is 16.7 Å². The number of hydrogen-bond donors (Lipinski definition) is 2. The summed E-state index contributed by atoms with van der Waals surface area (Å²) in [4.78, 5) is 17.6. The molecule has 1 aliphatic heterocycles. The minimum Gasteiger partial charge on any atom is -0.383 e. The molecule has 30 heavy (non-hydrogen) atoms. The highest BCUT2D eigenvalue weighted by Gasteiger charge is 2.35. The van der Waals surface area contributed by atoms with Gasteiger partial charge in [0, 0.05) is 19.4 Å². The third-order valence-electron chi connectivity index (χ3n) is 6.68. The van der Waals surface area contributed by atoms with Crippen molar-refractivity contribution in [1.82, 2.24) is 29.8 Å². The van der Waals surface area contributed by atoms with Crippen LogP contribution in [0.25, 0.3) is 28.0 Å². The van der Waals surface area contributed by atoms with E-state index in [9.17, 15) is 0 Å². The molecule has 0 radical (unpaired) electrons. The van der Waals surface area contributed by atoms with E-state index in [1.807, 2.05) is 7.05 Å². The lowest BCUT2D eigenvalue weighted by molar-refractivity contribution is 0.184. The van der Waals surface area contributed by atoms with Gasteiger partial charge in [-0.05, 0) is 56.2 Å². The molecule has 8 nitrogen and oxygen atoms in total. The molecule has 1 saturated heterocycles. The van der Waals surface area contributed by atoms with Gasteiger partial charge < -0.3 is 15.6 Å². The van der Waals surface area contributed by atoms with Crippen LogP contribution in [-0.4, -0.2) is 37.6 Å². The lowest BCUT2D eigenvalue weighted by Gasteiger charge is -2.40. The van der Waals surface area contributed by atoms with Crippen LogP contribution in [0.5, 0.6) is 0 Å². The SMILES string of the molecule is Cn1c(C2=CCC3(CCNCC3)CC2)c(-c2ncc(C#N)cn2)c2c(N)ncnc21. The number of rotatable bonds is 2. The van der Waals surface area contributed by atoms with Gasteiger partial charge in [0.1, 0.15) is 23.9 Å². The van der Waals surface area contributed by atoms with Crippen LogP contribution in [-0.2, 0) is 7.05 Å². The largest absolute Gasteiger partial charge is 0.383 e. The molecule has 152 valence electrons. The van der Waals surface area contributed by atoms with Crippen molar-refractivity contribution in [3.63, 3.8) is 0 Å². The Balaban J connectivity index is 1.67. The molecule has 0 amide bonds. The zero-order valence-corrected chi connectivity index (χ0v) is 17.0. The molecule has 0 bridgehead atoms. The summed E-state index contributed by atoms with van der Waals surface area (Å²) in [6.45, 7) is 2.21. The molecule has 5 rings (SSSR count). The summed E-state index contributed by atoms with van der Waals surface area (Å²) in [6.07, 6.45) is 12.7. The quantitative estimate of drug-likeness (QED) is 0.679. The van der Waals surface area contributed by atoms with Crippen molar-refractivity contribution in [3.8, 4) is 17.5 Å². The van der Waals surface area contributed by atoms with E-state index in [0.29, 0.717) is 22.6 Å². The number of nitrogens with one attached hydrogen (secondary N) is 1. The monoisotopic (exact) mass is 400 g/mol. The fourth-order valence-electron chi connectivity index (χ4n) is 4.95. The summed E-state index contributed by atoms with van der Waals surface area (Å²) in [6, 6.07) is 2.07. The van der Waals surface area contributed by atoms with Crippen molar-refractivity contribution >= 4 is 22.4 Å². The second-order valence-electron chi connectivity index (χ2n) is 8.33. The number of nitrogen functional groups attached to an aromatic ring is 1. The Labute approximate surface area is 174 Å². The third kappa shape index (κ3) is 2.94. The predicted molar refractivity (Wildman–Crippen MR) is 115 cm³/mol. The lowest BCUT2D eigenvalue weighted by Crippen LogP contribution is -2.37. The van der Waals surface area contributed by atoms with Crippen molar-refractivity contribution in [3.05, 3.63) is 36.1 Å². The fourth-order valence-corrected chi connectivity index (χ4v) is 4.95. The molecule has 1 spiro atoms. The number of piperidine rings is 1. The van der Waals surface area contributed by atoms with Gasteiger partial charge in [-0.1, -0.05) is 6.08 Å². The van der Waals surface area contributed by atoms with Crippen LogP contribution >= 0.6 is 0 Å². The first-order valence-corrected chi connectivity index (χ1v) is 10.3. The third-order valence-corrected chi connectivity index (χ3v) is 6.68. The zero-order valence-electron chi connectivity index (χ0n) is 17.0. The molecule has 3 aromatic heterocycles. The molecule has 4 heterocycles. The lowest BCUT2D eigenvalue weighted by atomic mass is 9.68. The summed E-state index contributed by atoms with van der Waals surface area (Å²) in [5.74, 6) is 0.954. The number of nitriles is 1. The van der Waals surface area contributed by atoms with Gasteiger partial charge in [-0.25, -0.2) is 19.9 Å². The van der Waals surface area contributed by atoms with Gasteiger partial charge in [0.25, 0.3) is 0 Å². The van der Waals surface area contributed by atoms with Crippen LogP contribution < -0.4 is 11.1 Å². The van der Waals surface area contributed by atoms with Crippen LogP contribution in [0.2, 0.25) is 0 Å². The molecule has 8 heteroatoms. The summed E-state index contributed by atoms with van der Waals surface area (Å²) in [5, 5.41) is 13.4. The van der Waals surface area contributed by atoms with Crippen molar-refractivity contribution in [2.45, 2.75) is 32.1 Å². The summed E-state index contributed by atoms with van der Waals surface area (Å²) < 4.78 is 2.08. The van der Waals surface area contributed by atoms with Crippen molar-refractivity contribution in [2.75, 3.05) is 18.8 Å². The van der Waals surface area contributed by atoms with Gasteiger partial charge in [-0.2, -0.15) is 5.26 Å². The molecule has 0 saturated carbocycles. The number of aromatic nitrogens is 5.